The van der Waals surface area contributed by atoms with E-state index in [2.05, 4.69) is 15.5 Å². The van der Waals surface area contributed by atoms with Crippen molar-refractivity contribution in [1.82, 2.24) is 9.62 Å². The van der Waals surface area contributed by atoms with Crippen LogP contribution in [0.2, 0.25) is 0 Å². The zero-order valence-electron chi connectivity index (χ0n) is 14.5. The van der Waals surface area contributed by atoms with E-state index in [1.807, 2.05) is 19.9 Å². The summed E-state index contributed by atoms with van der Waals surface area (Å²) >= 11 is 5.20. The lowest BCUT2D eigenvalue weighted by atomic mass is 10.2. The van der Waals surface area contributed by atoms with Crippen LogP contribution in [0.3, 0.4) is 0 Å². The molecule has 0 atom stereocenters. The highest BCUT2D eigenvalue weighted by atomic mass is 32.2. The normalized spacial score (nSPS) is 14.9. The van der Waals surface area contributed by atoms with Gasteiger partial charge in [0.05, 0.1) is 16.3 Å². The summed E-state index contributed by atoms with van der Waals surface area (Å²) in [5, 5.41) is 6.46. The van der Waals surface area contributed by atoms with Crippen molar-refractivity contribution >= 4 is 38.7 Å². The molecule has 2 rings (SSSR count). The minimum absolute atomic E-state index is 0.288. The van der Waals surface area contributed by atoms with Gasteiger partial charge in [-0.2, -0.15) is 4.31 Å². The van der Waals surface area contributed by atoms with E-state index in [-0.39, 0.29) is 4.90 Å². The Bertz CT molecular complexity index is 681. The molecule has 6 nitrogen and oxygen atoms in total. The lowest BCUT2D eigenvalue weighted by Crippen LogP contribution is -2.31. The third-order valence-electron chi connectivity index (χ3n) is 4.23. The van der Waals surface area contributed by atoms with E-state index in [4.69, 9.17) is 12.2 Å². The minimum Gasteiger partial charge on any atom is -0.370 e. The molecule has 134 valence electrons. The molecule has 0 aliphatic carbocycles. The molecule has 0 aromatic heterocycles. The van der Waals surface area contributed by atoms with Gasteiger partial charge in [0.25, 0.3) is 0 Å². The number of rotatable bonds is 6. The quantitative estimate of drug-likeness (QED) is 0.749. The number of nitrogens with zero attached hydrogens (tertiary/aromatic N) is 2. The number of benzene rings is 1. The Balaban J connectivity index is 2.44. The van der Waals surface area contributed by atoms with Crippen LogP contribution in [0.15, 0.2) is 23.1 Å². The first kappa shape index (κ1) is 19.0. The Morgan fingerprint density at radius 2 is 1.88 bits per heavy atom. The number of sulfonamides is 1. The average Bonchev–Trinajstić information content (AvgIpc) is 3.09. The lowest BCUT2D eigenvalue weighted by Gasteiger charge is -2.24. The van der Waals surface area contributed by atoms with Gasteiger partial charge in [0.15, 0.2) is 5.11 Å². The number of nitrogens with one attached hydrogen (secondary N) is 2. The van der Waals surface area contributed by atoms with Crippen LogP contribution in [-0.2, 0) is 10.0 Å². The largest absolute Gasteiger partial charge is 0.370 e. The average molecular weight is 371 g/mol. The van der Waals surface area contributed by atoms with Crippen LogP contribution in [0.5, 0.6) is 0 Å². The third kappa shape index (κ3) is 3.99. The molecular formula is C16H26N4O2S2. The summed E-state index contributed by atoms with van der Waals surface area (Å²) < 4.78 is 27.0. The second-order valence-electron chi connectivity index (χ2n) is 5.67. The van der Waals surface area contributed by atoms with Crippen LogP contribution in [0.4, 0.5) is 11.4 Å². The zero-order valence-corrected chi connectivity index (χ0v) is 16.1. The van der Waals surface area contributed by atoms with Gasteiger partial charge in [-0.25, -0.2) is 8.42 Å². The van der Waals surface area contributed by atoms with Crippen molar-refractivity contribution in [2.75, 3.05) is 43.4 Å². The Labute approximate surface area is 150 Å². The Morgan fingerprint density at radius 1 is 1.25 bits per heavy atom. The predicted octanol–water partition coefficient (Wildman–Crippen LogP) is 2.23. The molecule has 0 saturated carbocycles. The molecule has 0 radical (unpaired) electrons. The molecule has 24 heavy (non-hydrogen) atoms. The monoisotopic (exact) mass is 370 g/mol. The van der Waals surface area contributed by atoms with Gasteiger partial charge >= 0.3 is 0 Å². The fraction of sp³-hybridized carbons (Fsp3) is 0.562. The summed E-state index contributed by atoms with van der Waals surface area (Å²) in [6, 6.07) is 5.25. The molecule has 1 saturated heterocycles. The summed E-state index contributed by atoms with van der Waals surface area (Å²) in [6.45, 7) is 6.53. The van der Waals surface area contributed by atoms with E-state index in [0.717, 1.165) is 37.3 Å². The van der Waals surface area contributed by atoms with Gasteiger partial charge in [0, 0.05) is 33.2 Å². The number of hydrogen-bond acceptors (Lipinski definition) is 4. The first-order valence-corrected chi connectivity index (χ1v) is 10.2. The summed E-state index contributed by atoms with van der Waals surface area (Å²) in [5.74, 6) is 0. The molecule has 2 N–H and O–H groups in total. The lowest BCUT2D eigenvalue weighted by molar-refractivity contribution is 0.445. The maximum Gasteiger partial charge on any atom is 0.243 e. The number of hydrogen-bond donors (Lipinski definition) is 2. The molecular weight excluding hydrogens is 344 g/mol. The highest BCUT2D eigenvalue weighted by Crippen LogP contribution is 2.32. The molecule has 8 heteroatoms. The van der Waals surface area contributed by atoms with E-state index in [9.17, 15) is 8.42 Å². The van der Waals surface area contributed by atoms with Gasteiger partial charge in [-0.15, -0.1) is 0 Å². The minimum atomic E-state index is -3.50. The number of anilines is 2. The van der Waals surface area contributed by atoms with Crippen molar-refractivity contribution in [2.45, 2.75) is 31.6 Å². The van der Waals surface area contributed by atoms with Gasteiger partial charge in [0.2, 0.25) is 10.0 Å². The summed E-state index contributed by atoms with van der Waals surface area (Å²) in [5.41, 5.74) is 1.72. The van der Waals surface area contributed by atoms with Crippen LogP contribution < -0.4 is 15.5 Å². The molecule has 0 spiro atoms. The second-order valence-corrected chi connectivity index (χ2v) is 8.01. The van der Waals surface area contributed by atoms with E-state index in [1.54, 1.807) is 19.2 Å². The van der Waals surface area contributed by atoms with Crippen molar-refractivity contribution in [3.8, 4) is 0 Å². The van der Waals surface area contributed by atoms with E-state index in [1.165, 1.54) is 4.31 Å². The molecule has 0 bridgehead atoms. The smallest absolute Gasteiger partial charge is 0.243 e. The predicted molar refractivity (Wildman–Crippen MR) is 103 cm³/mol. The molecule has 1 fully saturated rings. The number of thiocarbonyl (C=S) groups is 1. The first-order valence-electron chi connectivity index (χ1n) is 8.31. The summed E-state index contributed by atoms with van der Waals surface area (Å²) in [7, 11) is -1.76. The third-order valence-corrected chi connectivity index (χ3v) is 6.59. The molecule has 1 heterocycles. The highest BCUT2D eigenvalue weighted by molar-refractivity contribution is 7.89. The van der Waals surface area contributed by atoms with Gasteiger partial charge < -0.3 is 15.5 Å². The van der Waals surface area contributed by atoms with Gasteiger partial charge in [-0.3, -0.25) is 0 Å². The summed E-state index contributed by atoms with van der Waals surface area (Å²) in [6.07, 6.45) is 2.30. The van der Waals surface area contributed by atoms with Gasteiger partial charge in [-0.05, 0) is 43.3 Å². The standard InChI is InChI=1S/C16H26N4O2S2/c1-4-20(5-2)24(21,22)13-8-9-15(19-10-6-7-11-19)14(12-13)18-16(23)17-3/h8-9,12H,4-7,10-11H2,1-3H3,(H2,17,18,23). The highest BCUT2D eigenvalue weighted by Gasteiger charge is 2.24. The topological polar surface area (TPSA) is 64.7 Å². The van der Waals surface area contributed by atoms with Crippen LogP contribution in [0.1, 0.15) is 26.7 Å². The van der Waals surface area contributed by atoms with Crippen molar-refractivity contribution in [1.29, 1.82) is 0 Å². The Kier molecular flexibility index (Phi) is 6.42. The fourth-order valence-corrected chi connectivity index (χ4v) is 4.50. The van der Waals surface area contributed by atoms with Crippen molar-refractivity contribution < 1.29 is 8.42 Å². The van der Waals surface area contributed by atoms with E-state index < -0.39 is 10.0 Å². The Hall–Kier alpha value is -1.38. The molecule has 1 aliphatic rings. The van der Waals surface area contributed by atoms with Crippen LogP contribution >= 0.6 is 12.2 Å². The van der Waals surface area contributed by atoms with Crippen LogP contribution in [0, 0.1) is 0 Å². The van der Waals surface area contributed by atoms with Crippen molar-refractivity contribution in [3.63, 3.8) is 0 Å². The molecule has 1 aliphatic heterocycles. The summed E-state index contributed by atoms with van der Waals surface area (Å²) in [4.78, 5) is 2.55. The molecule has 1 aromatic rings. The van der Waals surface area contributed by atoms with Crippen molar-refractivity contribution in [3.05, 3.63) is 18.2 Å². The van der Waals surface area contributed by atoms with Crippen molar-refractivity contribution in [2.24, 2.45) is 0 Å². The maximum atomic E-state index is 12.8. The van der Waals surface area contributed by atoms with Crippen LogP contribution in [-0.4, -0.2) is 51.1 Å². The molecule has 1 aromatic carbocycles. The first-order chi connectivity index (χ1) is 11.4. The second kappa shape index (κ2) is 8.13. The van der Waals surface area contributed by atoms with Crippen LogP contribution in [0.25, 0.3) is 0 Å². The van der Waals surface area contributed by atoms with Gasteiger partial charge in [0.1, 0.15) is 0 Å². The maximum absolute atomic E-state index is 12.8. The van der Waals surface area contributed by atoms with Gasteiger partial charge in [-0.1, -0.05) is 13.8 Å². The SMILES string of the molecule is CCN(CC)S(=O)(=O)c1ccc(N2CCCC2)c(NC(=S)NC)c1. The molecule has 0 unspecified atom stereocenters. The fourth-order valence-electron chi connectivity index (χ4n) is 2.91. The zero-order chi connectivity index (χ0) is 17.7. The van der Waals surface area contributed by atoms with E-state index >= 15 is 0 Å². The van der Waals surface area contributed by atoms with E-state index in [0.29, 0.717) is 18.2 Å². The Morgan fingerprint density at radius 3 is 2.42 bits per heavy atom. The molecule has 0 amide bonds.